The fourth-order valence-corrected chi connectivity index (χ4v) is 4.00. The third kappa shape index (κ3) is 4.49. The minimum atomic E-state index is -0.283. The highest BCUT2D eigenvalue weighted by Crippen LogP contribution is 2.42. The van der Waals surface area contributed by atoms with Gasteiger partial charge in [-0.05, 0) is 73.6 Å². The topological polar surface area (TPSA) is 98.0 Å². The van der Waals surface area contributed by atoms with Crippen LogP contribution in [0.3, 0.4) is 0 Å². The highest BCUT2D eigenvalue weighted by Gasteiger charge is 2.25. The molecule has 1 saturated carbocycles. The van der Waals surface area contributed by atoms with E-state index in [0.29, 0.717) is 29.7 Å². The lowest BCUT2D eigenvalue weighted by molar-refractivity contribution is 0.154. The summed E-state index contributed by atoms with van der Waals surface area (Å²) in [6.07, 6.45) is 7.41. The van der Waals surface area contributed by atoms with Crippen molar-refractivity contribution in [1.29, 1.82) is 5.26 Å². The second-order valence-electron chi connectivity index (χ2n) is 8.26. The molecule has 0 bridgehead atoms. The molecular weight excluding hydrogens is 388 g/mol. The normalized spacial score (nSPS) is 18.5. The van der Waals surface area contributed by atoms with Crippen LogP contribution in [0.1, 0.15) is 42.7 Å². The van der Waals surface area contributed by atoms with Gasteiger partial charge < -0.3 is 15.3 Å². The number of aromatic nitrogens is 3. The molecule has 1 atom stereocenters. The molecule has 7 nitrogen and oxygen atoms in total. The third-order valence-corrected chi connectivity index (χ3v) is 5.81. The number of nitrogens with one attached hydrogen (secondary N) is 1. The van der Waals surface area contributed by atoms with Gasteiger partial charge in [-0.25, -0.2) is 15.0 Å². The van der Waals surface area contributed by atoms with Crippen molar-refractivity contribution < 1.29 is 5.11 Å². The van der Waals surface area contributed by atoms with Gasteiger partial charge >= 0.3 is 0 Å². The molecular formula is C24H24N6O. The first kappa shape index (κ1) is 19.5. The van der Waals surface area contributed by atoms with Gasteiger partial charge in [0.25, 0.3) is 0 Å². The number of anilines is 3. The molecule has 3 aromatic rings. The predicted octanol–water partition coefficient (Wildman–Crippen LogP) is 3.99. The first-order valence-electron chi connectivity index (χ1n) is 10.7. The van der Waals surface area contributed by atoms with E-state index in [0.717, 1.165) is 36.5 Å². The van der Waals surface area contributed by atoms with Crippen molar-refractivity contribution in [3.05, 3.63) is 59.9 Å². The first-order chi connectivity index (χ1) is 15.2. The maximum absolute atomic E-state index is 9.94. The number of hydrogen-bond acceptors (Lipinski definition) is 7. The molecule has 0 unspecified atom stereocenters. The van der Waals surface area contributed by atoms with Crippen molar-refractivity contribution in [2.75, 3.05) is 23.3 Å². The summed E-state index contributed by atoms with van der Waals surface area (Å²) in [7, 11) is 0. The molecule has 2 aliphatic rings. The predicted molar refractivity (Wildman–Crippen MR) is 119 cm³/mol. The number of nitriles is 1. The Morgan fingerprint density at radius 1 is 1.06 bits per heavy atom. The van der Waals surface area contributed by atoms with Gasteiger partial charge in [-0.3, -0.25) is 0 Å². The first-order valence-corrected chi connectivity index (χ1v) is 10.7. The van der Waals surface area contributed by atoms with Crippen LogP contribution in [0.15, 0.2) is 48.8 Å². The van der Waals surface area contributed by atoms with Crippen LogP contribution in [0.5, 0.6) is 0 Å². The SMILES string of the molecule is N#Cc1ccnc(Nc2cc(C3CC3)cc(-c3ccc(N4CCC[C@H](O)C4)nc3)n2)c1. The Balaban J connectivity index is 1.42. The minimum absolute atomic E-state index is 0.283. The fraction of sp³-hybridized carbons (Fsp3) is 0.333. The minimum Gasteiger partial charge on any atom is -0.391 e. The van der Waals surface area contributed by atoms with Crippen LogP contribution < -0.4 is 10.2 Å². The molecule has 5 rings (SSSR count). The number of pyridine rings is 3. The van der Waals surface area contributed by atoms with Gasteiger partial charge in [-0.1, -0.05) is 0 Å². The van der Waals surface area contributed by atoms with Gasteiger partial charge in [0, 0.05) is 31.0 Å². The zero-order chi connectivity index (χ0) is 21.2. The van der Waals surface area contributed by atoms with E-state index in [1.807, 2.05) is 18.3 Å². The number of piperidine rings is 1. The van der Waals surface area contributed by atoms with Gasteiger partial charge in [0.1, 0.15) is 17.5 Å². The average Bonchev–Trinajstić information content (AvgIpc) is 3.65. The number of hydrogen-bond donors (Lipinski definition) is 2. The van der Waals surface area contributed by atoms with Crippen molar-refractivity contribution in [1.82, 2.24) is 15.0 Å². The van der Waals surface area contributed by atoms with Crippen LogP contribution in [-0.2, 0) is 0 Å². The average molecular weight is 412 g/mol. The van der Waals surface area contributed by atoms with E-state index in [1.165, 1.54) is 18.4 Å². The Morgan fingerprint density at radius 3 is 2.71 bits per heavy atom. The van der Waals surface area contributed by atoms with Crippen molar-refractivity contribution >= 4 is 17.5 Å². The number of β-amino-alcohol motifs (C(OH)–C–C–N with tert-alkyl or cyclic N) is 1. The van der Waals surface area contributed by atoms with E-state index in [4.69, 9.17) is 10.2 Å². The molecule has 4 heterocycles. The monoisotopic (exact) mass is 412 g/mol. The van der Waals surface area contributed by atoms with E-state index >= 15 is 0 Å². The van der Waals surface area contributed by atoms with Crippen molar-refractivity contribution in [2.24, 2.45) is 0 Å². The van der Waals surface area contributed by atoms with Crippen LogP contribution in [0.25, 0.3) is 11.3 Å². The van der Waals surface area contributed by atoms with Crippen LogP contribution >= 0.6 is 0 Å². The Kier molecular flexibility index (Phi) is 5.23. The van der Waals surface area contributed by atoms with Gasteiger partial charge in [0.05, 0.1) is 23.4 Å². The van der Waals surface area contributed by atoms with Crippen molar-refractivity contribution in [2.45, 2.75) is 37.7 Å². The molecule has 1 saturated heterocycles. The number of nitrogens with zero attached hydrogens (tertiary/aromatic N) is 5. The van der Waals surface area contributed by atoms with Crippen molar-refractivity contribution in [3.63, 3.8) is 0 Å². The quantitative estimate of drug-likeness (QED) is 0.654. The van der Waals surface area contributed by atoms with E-state index in [1.54, 1.807) is 18.3 Å². The Labute approximate surface area is 181 Å². The summed E-state index contributed by atoms with van der Waals surface area (Å²) in [5, 5.41) is 22.3. The Hall–Kier alpha value is -3.50. The highest BCUT2D eigenvalue weighted by atomic mass is 16.3. The molecule has 2 N–H and O–H groups in total. The summed E-state index contributed by atoms with van der Waals surface area (Å²) in [5.74, 6) is 2.77. The van der Waals surface area contributed by atoms with Crippen LogP contribution in [-0.4, -0.2) is 39.3 Å². The number of aliphatic hydroxyl groups excluding tert-OH is 1. The van der Waals surface area contributed by atoms with Crippen LogP contribution in [0.4, 0.5) is 17.5 Å². The van der Waals surface area contributed by atoms with E-state index in [9.17, 15) is 5.11 Å². The number of rotatable bonds is 5. The van der Waals surface area contributed by atoms with E-state index < -0.39 is 0 Å². The molecule has 156 valence electrons. The molecule has 7 heteroatoms. The lowest BCUT2D eigenvalue weighted by atomic mass is 10.1. The molecule has 3 aromatic heterocycles. The summed E-state index contributed by atoms with van der Waals surface area (Å²) in [4.78, 5) is 15.9. The standard InChI is InChI=1S/C24H24N6O/c25-13-16-7-8-26-22(10-16)29-23-12-19(17-3-4-17)11-21(28-23)18-5-6-24(27-14-18)30-9-1-2-20(31)15-30/h5-8,10-12,14,17,20,31H,1-4,9,15H2,(H,26,28,29)/t20-/m0/s1. The Bertz CT molecular complexity index is 1120. The zero-order valence-corrected chi connectivity index (χ0v) is 17.2. The van der Waals surface area contributed by atoms with Gasteiger partial charge in [0.2, 0.25) is 0 Å². The summed E-state index contributed by atoms with van der Waals surface area (Å²) in [6.45, 7) is 1.55. The maximum atomic E-state index is 9.94. The van der Waals surface area contributed by atoms with Gasteiger partial charge in [-0.2, -0.15) is 5.26 Å². The zero-order valence-electron chi connectivity index (χ0n) is 17.2. The van der Waals surface area contributed by atoms with Gasteiger partial charge in [-0.15, -0.1) is 0 Å². The molecule has 0 radical (unpaired) electrons. The summed E-state index contributed by atoms with van der Waals surface area (Å²) < 4.78 is 0. The number of aliphatic hydroxyl groups is 1. The van der Waals surface area contributed by atoms with Crippen molar-refractivity contribution in [3.8, 4) is 17.3 Å². The lowest BCUT2D eigenvalue weighted by Crippen LogP contribution is -2.38. The second kappa shape index (κ2) is 8.32. The lowest BCUT2D eigenvalue weighted by Gasteiger charge is -2.31. The van der Waals surface area contributed by atoms with Crippen LogP contribution in [0, 0.1) is 11.3 Å². The summed E-state index contributed by atoms with van der Waals surface area (Å²) >= 11 is 0. The molecule has 31 heavy (non-hydrogen) atoms. The van der Waals surface area contributed by atoms with E-state index in [-0.39, 0.29) is 6.10 Å². The van der Waals surface area contributed by atoms with Gasteiger partial charge in [0.15, 0.2) is 0 Å². The highest BCUT2D eigenvalue weighted by molar-refractivity contribution is 5.66. The maximum Gasteiger partial charge on any atom is 0.132 e. The Morgan fingerprint density at radius 2 is 1.97 bits per heavy atom. The summed E-state index contributed by atoms with van der Waals surface area (Å²) in [5.41, 5.74) is 3.62. The largest absolute Gasteiger partial charge is 0.391 e. The third-order valence-electron chi connectivity index (χ3n) is 5.81. The smallest absolute Gasteiger partial charge is 0.132 e. The van der Waals surface area contributed by atoms with E-state index in [2.05, 4.69) is 38.4 Å². The second-order valence-corrected chi connectivity index (χ2v) is 8.26. The van der Waals surface area contributed by atoms with Crippen LogP contribution in [0.2, 0.25) is 0 Å². The molecule has 0 aromatic carbocycles. The molecule has 1 aliphatic carbocycles. The fourth-order valence-electron chi connectivity index (χ4n) is 4.00. The molecule has 0 spiro atoms. The molecule has 1 aliphatic heterocycles. The molecule has 0 amide bonds. The summed E-state index contributed by atoms with van der Waals surface area (Å²) in [6, 6.07) is 13.8. The molecule has 2 fully saturated rings.